The maximum absolute atomic E-state index is 11.1. The van der Waals surface area contributed by atoms with Crippen molar-refractivity contribution in [3.8, 4) is 0 Å². The van der Waals surface area contributed by atoms with Gasteiger partial charge in [-0.05, 0) is 11.5 Å². The predicted octanol–water partition coefficient (Wildman–Crippen LogP) is 1.97. The topological polar surface area (TPSA) is 101 Å². The Morgan fingerprint density at radius 2 is 2.19 bits per heavy atom. The van der Waals surface area contributed by atoms with Crippen LogP contribution in [0.1, 0.15) is 16.4 Å². The van der Waals surface area contributed by atoms with E-state index in [1.54, 1.807) is 6.07 Å². The van der Waals surface area contributed by atoms with Crippen LogP contribution in [-0.4, -0.2) is 32.7 Å². The fourth-order valence-corrected chi connectivity index (χ4v) is 2.04. The van der Waals surface area contributed by atoms with Gasteiger partial charge < -0.3 is 14.9 Å². The third kappa shape index (κ3) is 2.81. The molecule has 0 radical (unpaired) electrons. The van der Waals surface area contributed by atoms with Crippen molar-refractivity contribution >= 4 is 22.6 Å². The van der Waals surface area contributed by atoms with Crippen molar-refractivity contribution in [2.45, 2.75) is 6.42 Å². The SMILES string of the molecule is O=C(O)c1cc2ccccc2c(NCCc2ncno2)n1. The van der Waals surface area contributed by atoms with E-state index in [2.05, 4.69) is 20.4 Å². The summed E-state index contributed by atoms with van der Waals surface area (Å²) in [6.07, 6.45) is 1.88. The summed E-state index contributed by atoms with van der Waals surface area (Å²) >= 11 is 0. The molecule has 1 aromatic carbocycles. The third-order valence-corrected chi connectivity index (χ3v) is 3.00. The minimum absolute atomic E-state index is 0.00832. The first-order chi connectivity index (χ1) is 10.2. The number of benzene rings is 1. The summed E-state index contributed by atoms with van der Waals surface area (Å²) in [4.78, 5) is 19.2. The Morgan fingerprint density at radius 3 is 2.95 bits per heavy atom. The van der Waals surface area contributed by atoms with Gasteiger partial charge in [0.05, 0.1) is 0 Å². The van der Waals surface area contributed by atoms with Gasteiger partial charge in [-0.3, -0.25) is 0 Å². The number of hydrogen-bond donors (Lipinski definition) is 2. The van der Waals surface area contributed by atoms with E-state index in [1.807, 2.05) is 24.3 Å². The molecule has 7 heteroatoms. The van der Waals surface area contributed by atoms with Gasteiger partial charge in [0.1, 0.15) is 5.82 Å². The van der Waals surface area contributed by atoms with Crippen LogP contribution in [0.5, 0.6) is 0 Å². The first kappa shape index (κ1) is 13.0. The van der Waals surface area contributed by atoms with Crippen LogP contribution < -0.4 is 5.32 Å². The molecule has 0 saturated carbocycles. The number of aromatic carboxylic acids is 1. The Balaban J connectivity index is 1.87. The van der Waals surface area contributed by atoms with Crippen LogP contribution in [0.15, 0.2) is 41.2 Å². The maximum atomic E-state index is 11.1. The van der Waals surface area contributed by atoms with Crippen molar-refractivity contribution in [3.63, 3.8) is 0 Å². The lowest BCUT2D eigenvalue weighted by Gasteiger charge is -2.09. The van der Waals surface area contributed by atoms with Crippen molar-refractivity contribution in [1.82, 2.24) is 15.1 Å². The summed E-state index contributed by atoms with van der Waals surface area (Å²) in [6, 6.07) is 9.04. The van der Waals surface area contributed by atoms with Crippen LogP contribution in [0, 0.1) is 0 Å². The first-order valence-electron chi connectivity index (χ1n) is 6.36. The van der Waals surface area contributed by atoms with Gasteiger partial charge in [-0.25, -0.2) is 9.78 Å². The quantitative estimate of drug-likeness (QED) is 0.738. The van der Waals surface area contributed by atoms with Gasteiger partial charge in [-0.1, -0.05) is 29.4 Å². The highest BCUT2D eigenvalue weighted by Gasteiger charge is 2.10. The standard InChI is InChI=1S/C14H12N4O3/c19-14(20)11-7-9-3-1-2-4-10(9)13(18-11)15-6-5-12-16-8-17-21-12/h1-4,7-8H,5-6H2,(H,15,18)(H,19,20). The zero-order valence-corrected chi connectivity index (χ0v) is 11.0. The number of fused-ring (bicyclic) bond motifs is 1. The van der Waals surface area contributed by atoms with Gasteiger partial charge in [-0.2, -0.15) is 4.98 Å². The van der Waals surface area contributed by atoms with E-state index in [0.717, 1.165) is 10.8 Å². The number of nitrogens with one attached hydrogen (secondary N) is 1. The molecule has 2 N–H and O–H groups in total. The normalized spacial score (nSPS) is 10.7. The number of anilines is 1. The van der Waals surface area contributed by atoms with Crippen LogP contribution in [0.2, 0.25) is 0 Å². The Kier molecular flexibility index (Phi) is 3.46. The molecule has 2 heterocycles. The van der Waals surface area contributed by atoms with E-state index in [-0.39, 0.29) is 5.69 Å². The van der Waals surface area contributed by atoms with E-state index in [9.17, 15) is 4.79 Å². The second kappa shape index (κ2) is 5.58. The molecule has 0 spiro atoms. The maximum Gasteiger partial charge on any atom is 0.354 e. The molecule has 0 bridgehead atoms. The van der Waals surface area contributed by atoms with Gasteiger partial charge in [-0.15, -0.1) is 0 Å². The van der Waals surface area contributed by atoms with Gasteiger partial charge >= 0.3 is 5.97 Å². The lowest BCUT2D eigenvalue weighted by atomic mass is 10.1. The molecule has 0 aliphatic heterocycles. The number of hydrogen-bond acceptors (Lipinski definition) is 6. The first-order valence-corrected chi connectivity index (χ1v) is 6.36. The highest BCUT2D eigenvalue weighted by Crippen LogP contribution is 2.22. The highest BCUT2D eigenvalue weighted by molar-refractivity contribution is 5.97. The van der Waals surface area contributed by atoms with E-state index in [4.69, 9.17) is 9.63 Å². The lowest BCUT2D eigenvalue weighted by Crippen LogP contribution is -2.09. The van der Waals surface area contributed by atoms with E-state index < -0.39 is 5.97 Å². The van der Waals surface area contributed by atoms with Crippen LogP contribution in [0.25, 0.3) is 10.8 Å². The van der Waals surface area contributed by atoms with Gasteiger partial charge in [0, 0.05) is 18.4 Å². The zero-order chi connectivity index (χ0) is 14.7. The molecule has 0 atom stereocenters. The summed E-state index contributed by atoms with van der Waals surface area (Å²) in [7, 11) is 0. The molecule has 0 fully saturated rings. The number of nitrogens with zero attached hydrogens (tertiary/aromatic N) is 3. The molecule has 0 saturated heterocycles. The number of carboxylic acid groups (broad SMARTS) is 1. The fraction of sp³-hybridized carbons (Fsp3) is 0.143. The van der Waals surface area contributed by atoms with E-state index in [1.165, 1.54) is 6.33 Å². The highest BCUT2D eigenvalue weighted by atomic mass is 16.5. The molecule has 2 aromatic heterocycles. The molecule has 21 heavy (non-hydrogen) atoms. The monoisotopic (exact) mass is 284 g/mol. The van der Waals surface area contributed by atoms with Crippen LogP contribution in [0.3, 0.4) is 0 Å². The van der Waals surface area contributed by atoms with Crippen molar-refractivity contribution in [2.75, 3.05) is 11.9 Å². The van der Waals surface area contributed by atoms with Gasteiger partial charge in [0.2, 0.25) is 5.89 Å². The average Bonchev–Trinajstić information content (AvgIpc) is 3.00. The van der Waals surface area contributed by atoms with E-state index in [0.29, 0.717) is 24.7 Å². The Labute approximate surface area is 119 Å². The summed E-state index contributed by atoms with van der Waals surface area (Å²) in [6.45, 7) is 0.516. The van der Waals surface area contributed by atoms with Crippen molar-refractivity contribution < 1.29 is 14.4 Å². The minimum Gasteiger partial charge on any atom is -0.477 e. The number of aromatic nitrogens is 3. The minimum atomic E-state index is -1.05. The zero-order valence-electron chi connectivity index (χ0n) is 11.0. The largest absolute Gasteiger partial charge is 0.477 e. The van der Waals surface area contributed by atoms with Crippen molar-refractivity contribution in [3.05, 3.63) is 48.2 Å². The summed E-state index contributed by atoms with van der Waals surface area (Å²) in [5, 5.41) is 17.5. The Hall–Kier alpha value is -2.96. The van der Waals surface area contributed by atoms with Crippen molar-refractivity contribution in [2.24, 2.45) is 0 Å². The van der Waals surface area contributed by atoms with Crippen molar-refractivity contribution in [1.29, 1.82) is 0 Å². The number of pyridine rings is 1. The Bertz CT molecular complexity index is 771. The van der Waals surface area contributed by atoms with Crippen LogP contribution in [-0.2, 0) is 6.42 Å². The number of rotatable bonds is 5. The molecule has 0 aliphatic rings. The van der Waals surface area contributed by atoms with Gasteiger partial charge in [0.25, 0.3) is 0 Å². The number of carbonyl (C=O) groups is 1. The summed E-state index contributed by atoms with van der Waals surface area (Å²) in [5.74, 6) is -0.00749. The molecule has 7 nitrogen and oxygen atoms in total. The molecule has 106 valence electrons. The lowest BCUT2D eigenvalue weighted by molar-refractivity contribution is 0.0691. The second-order valence-electron chi connectivity index (χ2n) is 4.39. The Morgan fingerprint density at radius 1 is 1.33 bits per heavy atom. The molecular weight excluding hydrogens is 272 g/mol. The second-order valence-corrected chi connectivity index (χ2v) is 4.39. The fourth-order valence-electron chi connectivity index (χ4n) is 2.04. The summed E-state index contributed by atoms with van der Waals surface area (Å²) in [5.41, 5.74) is 0.00832. The van der Waals surface area contributed by atoms with Crippen LogP contribution in [0.4, 0.5) is 5.82 Å². The molecule has 3 rings (SSSR count). The molecule has 0 unspecified atom stereocenters. The van der Waals surface area contributed by atoms with Crippen LogP contribution >= 0.6 is 0 Å². The predicted molar refractivity (Wildman–Crippen MR) is 75.2 cm³/mol. The van der Waals surface area contributed by atoms with Gasteiger partial charge in [0.15, 0.2) is 12.0 Å². The smallest absolute Gasteiger partial charge is 0.354 e. The third-order valence-electron chi connectivity index (χ3n) is 3.00. The molecule has 3 aromatic rings. The molecular formula is C14H12N4O3. The van der Waals surface area contributed by atoms with E-state index >= 15 is 0 Å². The molecule has 0 amide bonds. The molecule has 0 aliphatic carbocycles. The average molecular weight is 284 g/mol. The summed E-state index contributed by atoms with van der Waals surface area (Å²) < 4.78 is 4.91. The number of carboxylic acids is 1.